The Kier molecular flexibility index (Phi) is 3.79. The molecule has 0 bridgehead atoms. The minimum atomic E-state index is 0.649. The van der Waals surface area contributed by atoms with Crippen LogP contribution < -0.4 is 5.32 Å². The van der Waals surface area contributed by atoms with E-state index in [2.05, 4.69) is 43.1 Å². The smallest absolute Gasteiger partial charge is 0.00461 e. The van der Waals surface area contributed by atoms with Crippen molar-refractivity contribution in [3.05, 3.63) is 42.0 Å². The van der Waals surface area contributed by atoms with Gasteiger partial charge in [0.1, 0.15) is 0 Å². The third kappa shape index (κ3) is 2.35. The van der Waals surface area contributed by atoms with Gasteiger partial charge in [-0.1, -0.05) is 43.8 Å². The lowest BCUT2D eigenvalue weighted by atomic mass is 9.80. The third-order valence-electron chi connectivity index (χ3n) is 3.80. The lowest BCUT2D eigenvalue weighted by Crippen LogP contribution is -2.30. The Morgan fingerprint density at radius 2 is 2.00 bits per heavy atom. The molecule has 0 spiro atoms. The van der Waals surface area contributed by atoms with Gasteiger partial charge in [-0.25, -0.2) is 0 Å². The normalized spacial score (nSPS) is 19.3. The van der Waals surface area contributed by atoms with Crippen molar-refractivity contribution in [2.45, 2.75) is 25.7 Å². The molecule has 1 aromatic carbocycles. The Bertz CT molecular complexity index is 350. The highest BCUT2D eigenvalue weighted by Gasteiger charge is 2.22. The Labute approximate surface area is 98.6 Å². The number of hydrogen-bond acceptors (Lipinski definition) is 1. The van der Waals surface area contributed by atoms with Crippen molar-refractivity contribution in [1.29, 1.82) is 0 Å². The standard InChI is InChI=1S/C15H21N/c1-3-13-6-4-5-7-15(13)12(2)14-8-10-16-11-9-14/h3-7,12,14,16H,1,8-11H2,2H3. The van der Waals surface area contributed by atoms with Gasteiger partial charge in [0.15, 0.2) is 0 Å². The van der Waals surface area contributed by atoms with Gasteiger partial charge in [-0.3, -0.25) is 0 Å². The van der Waals surface area contributed by atoms with Crippen molar-refractivity contribution in [2.24, 2.45) is 5.92 Å². The average Bonchev–Trinajstić information content (AvgIpc) is 2.39. The highest BCUT2D eigenvalue weighted by atomic mass is 14.9. The van der Waals surface area contributed by atoms with Crippen molar-refractivity contribution in [1.82, 2.24) is 5.32 Å². The Morgan fingerprint density at radius 1 is 1.31 bits per heavy atom. The highest BCUT2D eigenvalue weighted by Crippen LogP contribution is 2.32. The van der Waals surface area contributed by atoms with E-state index in [1.165, 1.54) is 37.1 Å². The second-order valence-corrected chi connectivity index (χ2v) is 4.71. The number of nitrogens with one attached hydrogen (secondary N) is 1. The maximum atomic E-state index is 3.91. The lowest BCUT2D eigenvalue weighted by molar-refractivity contribution is 0.330. The van der Waals surface area contributed by atoms with Crippen LogP contribution >= 0.6 is 0 Å². The van der Waals surface area contributed by atoms with Crippen LogP contribution in [0.3, 0.4) is 0 Å². The average molecular weight is 215 g/mol. The van der Waals surface area contributed by atoms with E-state index in [0.29, 0.717) is 5.92 Å². The van der Waals surface area contributed by atoms with Gasteiger partial charge in [-0.2, -0.15) is 0 Å². The molecule has 0 amide bonds. The molecule has 0 saturated carbocycles. The van der Waals surface area contributed by atoms with Crippen LogP contribution in [0.2, 0.25) is 0 Å². The molecule has 0 aliphatic carbocycles. The molecular weight excluding hydrogens is 194 g/mol. The molecule has 1 aliphatic rings. The molecular formula is C15H21N. The van der Waals surface area contributed by atoms with E-state index in [9.17, 15) is 0 Å². The van der Waals surface area contributed by atoms with Crippen molar-refractivity contribution in [2.75, 3.05) is 13.1 Å². The number of piperidine rings is 1. The maximum Gasteiger partial charge on any atom is -0.00461 e. The van der Waals surface area contributed by atoms with Gasteiger partial charge in [0.25, 0.3) is 0 Å². The van der Waals surface area contributed by atoms with Crippen LogP contribution in [0.5, 0.6) is 0 Å². The molecule has 86 valence electrons. The lowest BCUT2D eigenvalue weighted by Gasteiger charge is -2.29. The number of rotatable bonds is 3. The molecule has 0 radical (unpaired) electrons. The molecule has 1 saturated heterocycles. The van der Waals surface area contributed by atoms with E-state index in [4.69, 9.17) is 0 Å². The fourth-order valence-corrected chi connectivity index (χ4v) is 2.71. The summed E-state index contributed by atoms with van der Waals surface area (Å²) < 4.78 is 0. The van der Waals surface area contributed by atoms with Gasteiger partial charge in [-0.05, 0) is 48.9 Å². The molecule has 1 fully saturated rings. The zero-order chi connectivity index (χ0) is 11.4. The van der Waals surface area contributed by atoms with E-state index in [0.717, 1.165) is 5.92 Å². The summed E-state index contributed by atoms with van der Waals surface area (Å²) in [6, 6.07) is 8.65. The molecule has 0 aromatic heterocycles. The minimum absolute atomic E-state index is 0.649. The number of benzene rings is 1. The summed E-state index contributed by atoms with van der Waals surface area (Å²) in [5.41, 5.74) is 2.76. The van der Waals surface area contributed by atoms with Crippen molar-refractivity contribution >= 4 is 6.08 Å². The van der Waals surface area contributed by atoms with E-state index in [1.807, 2.05) is 6.08 Å². The quantitative estimate of drug-likeness (QED) is 0.814. The molecule has 1 heterocycles. The second kappa shape index (κ2) is 5.31. The van der Waals surface area contributed by atoms with E-state index < -0.39 is 0 Å². The summed E-state index contributed by atoms with van der Waals surface area (Å²) >= 11 is 0. The van der Waals surface area contributed by atoms with Crippen LogP contribution in [0, 0.1) is 5.92 Å². The SMILES string of the molecule is C=Cc1ccccc1C(C)C1CCNCC1. The summed E-state index contributed by atoms with van der Waals surface area (Å²) in [6.45, 7) is 8.61. The van der Waals surface area contributed by atoms with Crippen LogP contribution in [-0.2, 0) is 0 Å². The predicted octanol–water partition coefficient (Wildman–Crippen LogP) is 3.43. The number of hydrogen-bond donors (Lipinski definition) is 1. The molecule has 2 rings (SSSR count). The van der Waals surface area contributed by atoms with Crippen LogP contribution in [0.1, 0.15) is 36.8 Å². The Morgan fingerprint density at radius 3 is 2.69 bits per heavy atom. The fraction of sp³-hybridized carbons (Fsp3) is 0.467. The summed E-state index contributed by atoms with van der Waals surface area (Å²) in [5.74, 6) is 1.47. The minimum Gasteiger partial charge on any atom is -0.317 e. The predicted molar refractivity (Wildman–Crippen MR) is 70.5 cm³/mol. The van der Waals surface area contributed by atoms with Gasteiger partial charge in [0, 0.05) is 0 Å². The molecule has 1 atom stereocenters. The fourth-order valence-electron chi connectivity index (χ4n) is 2.71. The molecule has 1 nitrogen and oxygen atoms in total. The molecule has 1 heteroatoms. The van der Waals surface area contributed by atoms with Crippen molar-refractivity contribution < 1.29 is 0 Å². The summed E-state index contributed by atoms with van der Waals surface area (Å²) in [4.78, 5) is 0. The third-order valence-corrected chi connectivity index (χ3v) is 3.80. The van der Waals surface area contributed by atoms with Gasteiger partial charge < -0.3 is 5.32 Å². The van der Waals surface area contributed by atoms with Crippen LogP contribution in [0.4, 0.5) is 0 Å². The first-order chi connectivity index (χ1) is 7.83. The van der Waals surface area contributed by atoms with Gasteiger partial charge in [-0.15, -0.1) is 0 Å². The van der Waals surface area contributed by atoms with E-state index in [1.54, 1.807) is 0 Å². The Hall–Kier alpha value is -1.08. The Balaban J connectivity index is 2.18. The largest absolute Gasteiger partial charge is 0.317 e. The van der Waals surface area contributed by atoms with E-state index in [-0.39, 0.29) is 0 Å². The van der Waals surface area contributed by atoms with Crippen LogP contribution in [0.25, 0.3) is 6.08 Å². The zero-order valence-corrected chi connectivity index (χ0v) is 10.1. The molecule has 1 unspecified atom stereocenters. The first-order valence-corrected chi connectivity index (χ1v) is 6.25. The summed E-state index contributed by atoms with van der Waals surface area (Å²) in [5, 5.41) is 3.43. The first-order valence-electron chi connectivity index (χ1n) is 6.25. The van der Waals surface area contributed by atoms with Gasteiger partial charge in [0.05, 0.1) is 0 Å². The van der Waals surface area contributed by atoms with Gasteiger partial charge in [0.2, 0.25) is 0 Å². The summed E-state index contributed by atoms with van der Waals surface area (Å²) in [6.07, 6.45) is 4.58. The maximum absolute atomic E-state index is 3.91. The first kappa shape index (κ1) is 11.4. The monoisotopic (exact) mass is 215 g/mol. The second-order valence-electron chi connectivity index (χ2n) is 4.71. The molecule has 16 heavy (non-hydrogen) atoms. The molecule has 1 N–H and O–H groups in total. The van der Waals surface area contributed by atoms with E-state index >= 15 is 0 Å². The molecule has 1 aromatic rings. The highest BCUT2D eigenvalue weighted by molar-refractivity contribution is 5.52. The topological polar surface area (TPSA) is 12.0 Å². The van der Waals surface area contributed by atoms with Gasteiger partial charge >= 0.3 is 0 Å². The molecule has 1 aliphatic heterocycles. The van der Waals surface area contributed by atoms with Crippen molar-refractivity contribution in [3.63, 3.8) is 0 Å². The van der Waals surface area contributed by atoms with Crippen LogP contribution in [-0.4, -0.2) is 13.1 Å². The van der Waals surface area contributed by atoms with Crippen molar-refractivity contribution in [3.8, 4) is 0 Å². The zero-order valence-electron chi connectivity index (χ0n) is 10.1. The van der Waals surface area contributed by atoms with Crippen LogP contribution in [0.15, 0.2) is 30.8 Å². The summed E-state index contributed by atoms with van der Waals surface area (Å²) in [7, 11) is 0.